The highest BCUT2D eigenvalue weighted by Crippen LogP contribution is 2.25. The highest BCUT2D eigenvalue weighted by molar-refractivity contribution is 7.18. The summed E-state index contributed by atoms with van der Waals surface area (Å²) in [6, 6.07) is 13.2. The fraction of sp³-hybridized carbons (Fsp3) is 0.250. The first-order chi connectivity index (χ1) is 12.6. The van der Waals surface area contributed by atoms with Crippen molar-refractivity contribution in [2.24, 2.45) is 0 Å². The number of anilines is 1. The summed E-state index contributed by atoms with van der Waals surface area (Å²) >= 11 is 1.61. The number of nitrogens with zero attached hydrogens (tertiary/aromatic N) is 2. The second-order valence-electron chi connectivity index (χ2n) is 6.49. The molecule has 5 nitrogen and oxygen atoms in total. The first kappa shape index (κ1) is 16.7. The molecule has 1 aromatic heterocycles. The second kappa shape index (κ2) is 6.88. The van der Waals surface area contributed by atoms with Crippen molar-refractivity contribution >= 4 is 39.1 Å². The summed E-state index contributed by atoms with van der Waals surface area (Å²) in [7, 11) is 0. The fourth-order valence-electron chi connectivity index (χ4n) is 3.22. The molecule has 0 spiro atoms. The molecule has 6 heteroatoms. The van der Waals surface area contributed by atoms with Crippen molar-refractivity contribution in [2.75, 3.05) is 11.9 Å². The molecule has 0 unspecified atom stereocenters. The quantitative estimate of drug-likeness (QED) is 0.761. The molecule has 2 amide bonds. The van der Waals surface area contributed by atoms with E-state index in [0.717, 1.165) is 39.4 Å². The Hall–Kier alpha value is -2.73. The van der Waals surface area contributed by atoms with Crippen LogP contribution in [0.25, 0.3) is 10.2 Å². The number of fused-ring (bicyclic) bond motifs is 1. The lowest BCUT2D eigenvalue weighted by atomic mass is 10.1. The minimum Gasteiger partial charge on any atom is -0.338 e. The van der Waals surface area contributed by atoms with Crippen molar-refractivity contribution in [3.05, 3.63) is 58.6 Å². The molecule has 4 rings (SSSR count). The Kier molecular flexibility index (Phi) is 4.42. The van der Waals surface area contributed by atoms with Crippen LogP contribution in [0.4, 0.5) is 5.69 Å². The maximum atomic E-state index is 12.6. The van der Waals surface area contributed by atoms with E-state index >= 15 is 0 Å². The van der Waals surface area contributed by atoms with Gasteiger partial charge in [-0.1, -0.05) is 12.1 Å². The van der Waals surface area contributed by atoms with Gasteiger partial charge in [-0.2, -0.15) is 0 Å². The number of hydrogen-bond donors (Lipinski definition) is 1. The number of carbonyl (C=O) groups excluding carboxylic acids is 2. The number of aryl methyl sites for hydroxylation is 1. The van der Waals surface area contributed by atoms with Crippen molar-refractivity contribution in [1.29, 1.82) is 0 Å². The second-order valence-corrected chi connectivity index (χ2v) is 7.72. The van der Waals surface area contributed by atoms with E-state index in [1.165, 1.54) is 0 Å². The molecule has 1 fully saturated rings. The van der Waals surface area contributed by atoms with Gasteiger partial charge in [-0.15, -0.1) is 11.3 Å². The van der Waals surface area contributed by atoms with Gasteiger partial charge in [0.2, 0.25) is 5.91 Å². The van der Waals surface area contributed by atoms with E-state index in [-0.39, 0.29) is 11.8 Å². The SMILES string of the molecule is Cc1nc2ccc(NC(=O)c3cccc(CN4CCCC4=O)c3)cc2s1. The summed E-state index contributed by atoms with van der Waals surface area (Å²) in [6.07, 6.45) is 1.54. The molecule has 1 aliphatic rings. The van der Waals surface area contributed by atoms with Crippen LogP contribution in [0, 0.1) is 6.92 Å². The molecule has 1 N–H and O–H groups in total. The zero-order valence-electron chi connectivity index (χ0n) is 14.5. The number of hydrogen-bond acceptors (Lipinski definition) is 4. The molecular formula is C20H19N3O2S. The molecule has 26 heavy (non-hydrogen) atoms. The summed E-state index contributed by atoms with van der Waals surface area (Å²) in [5.74, 6) is 0.0354. The van der Waals surface area contributed by atoms with Crippen molar-refractivity contribution in [3.63, 3.8) is 0 Å². The van der Waals surface area contributed by atoms with Gasteiger partial charge in [0.25, 0.3) is 5.91 Å². The molecule has 1 aliphatic heterocycles. The lowest BCUT2D eigenvalue weighted by Crippen LogP contribution is -2.24. The van der Waals surface area contributed by atoms with E-state index in [1.54, 1.807) is 17.4 Å². The van der Waals surface area contributed by atoms with Gasteiger partial charge in [0.15, 0.2) is 0 Å². The number of nitrogens with one attached hydrogen (secondary N) is 1. The third kappa shape index (κ3) is 3.46. The van der Waals surface area contributed by atoms with Gasteiger partial charge in [-0.25, -0.2) is 4.98 Å². The molecule has 0 atom stereocenters. The van der Waals surface area contributed by atoms with Crippen LogP contribution >= 0.6 is 11.3 Å². The lowest BCUT2D eigenvalue weighted by Gasteiger charge is -2.16. The van der Waals surface area contributed by atoms with Crippen LogP contribution in [0.15, 0.2) is 42.5 Å². The summed E-state index contributed by atoms with van der Waals surface area (Å²) in [5, 5.41) is 3.96. The van der Waals surface area contributed by atoms with Crippen LogP contribution in [0.2, 0.25) is 0 Å². The first-order valence-corrected chi connectivity index (χ1v) is 9.45. The predicted octanol–water partition coefficient (Wildman–Crippen LogP) is 3.98. The molecule has 0 radical (unpaired) electrons. The molecule has 2 aromatic carbocycles. The smallest absolute Gasteiger partial charge is 0.255 e. The minimum atomic E-state index is -0.153. The Labute approximate surface area is 155 Å². The topological polar surface area (TPSA) is 62.3 Å². The van der Waals surface area contributed by atoms with E-state index in [1.807, 2.05) is 48.2 Å². The van der Waals surface area contributed by atoms with E-state index < -0.39 is 0 Å². The first-order valence-electron chi connectivity index (χ1n) is 8.64. The summed E-state index contributed by atoms with van der Waals surface area (Å²) in [6.45, 7) is 3.33. The van der Waals surface area contributed by atoms with Crippen LogP contribution in [0.1, 0.15) is 33.8 Å². The van der Waals surface area contributed by atoms with E-state index in [2.05, 4.69) is 10.3 Å². The number of likely N-dealkylation sites (tertiary alicyclic amines) is 1. The maximum Gasteiger partial charge on any atom is 0.255 e. The Bertz CT molecular complexity index is 996. The maximum absolute atomic E-state index is 12.6. The molecule has 2 heterocycles. The number of benzene rings is 2. The molecule has 0 bridgehead atoms. The monoisotopic (exact) mass is 365 g/mol. The van der Waals surface area contributed by atoms with E-state index in [4.69, 9.17) is 0 Å². The fourth-order valence-corrected chi connectivity index (χ4v) is 4.09. The number of aromatic nitrogens is 1. The van der Waals surface area contributed by atoms with Gasteiger partial charge in [0, 0.05) is 30.8 Å². The predicted molar refractivity (Wildman–Crippen MR) is 103 cm³/mol. The van der Waals surface area contributed by atoms with Gasteiger partial charge in [0.1, 0.15) is 0 Å². The Morgan fingerprint density at radius 1 is 1.27 bits per heavy atom. The molecule has 0 saturated carbocycles. The lowest BCUT2D eigenvalue weighted by molar-refractivity contribution is -0.128. The third-order valence-electron chi connectivity index (χ3n) is 4.49. The number of carbonyl (C=O) groups is 2. The molecule has 132 valence electrons. The molecule has 3 aromatic rings. The van der Waals surface area contributed by atoms with Gasteiger partial charge < -0.3 is 10.2 Å². The summed E-state index contributed by atoms with van der Waals surface area (Å²) in [5.41, 5.74) is 3.27. The average Bonchev–Trinajstić information content (AvgIpc) is 3.19. The zero-order valence-corrected chi connectivity index (χ0v) is 15.3. The minimum absolute atomic E-state index is 0.153. The van der Waals surface area contributed by atoms with Crippen LogP contribution < -0.4 is 5.32 Å². The number of amides is 2. The molecular weight excluding hydrogens is 346 g/mol. The number of rotatable bonds is 4. The standard InChI is InChI=1S/C20H19N3O2S/c1-13-21-17-8-7-16(11-18(17)26-13)22-20(25)15-5-2-4-14(10-15)12-23-9-3-6-19(23)24/h2,4-5,7-8,10-11H,3,6,9,12H2,1H3,(H,22,25). The van der Waals surface area contributed by atoms with Gasteiger partial charge in [0.05, 0.1) is 15.2 Å². The Morgan fingerprint density at radius 2 is 2.15 bits per heavy atom. The zero-order chi connectivity index (χ0) is 18.1. The van der Waals surface area contributed by atoms with Crippen LogP contribution in [-0.2, 0) is 11.3 Å². The van der Waals surface area contributed by atoms with Gasteiger partial charge in [-0.05, 0) is 49.2 Å². The summed E-state index contributed by atoms with van der Waals surface area (Å²) in [4.78, 5) is 30.7. The molecule has 0 aliphatic carbocycles. The largest absolute Gasteiger partial charge is 0.338 e. The van der Waals surface area contributed by atoms with E-state index in [0.29, 0.717) is 18.5 Å². The number of thiazole rings is 1. The van der Waals surface area contributed by atoms with Crippen LogP contribution in [0.5, 0.6) is 0 Å². The van der Waals surface area contributed by atoms with Crippen molar-refractivity contribution in [1.82, 2.24) is 9.88 Å². The highest BCUT2D eigenvalue weighted by Gasteiger charge is 2.20. The average molecular weight is 365 g/mol. The third-order valence-corrected chi connectivity index (χ3v) is 5.42. The normalized spacial score (nSPS) is 14.2. The van der Waals surface area contributed by atoms with Gasteiger partial charge in [-0.3, -0.25) is 9.59 Å². The Morgan fingerprint density at radius 3 is 2.96 bits per heavy atom. The van der Waals surface area contributed by atoms with Crippen molar-refractivity contribution < 1.29 is 9.59 Å². The van der Waals surface area contributed by atoms with E-state index in [9.17, 15) is 9.59 Å². The summed E-state index contributed by atoms with van der Waals surface area (Å²) < 4.78 is 1.06. The van der Waals surface area contributed by atoms with Crippen LogP contribution in [0.3, 0.4) is 0 Å². The van der Waals surface area contributed by atoms with Crippen LogP contribution in [-0.4, -0.2) is 28.2 Å². The van der Waals surface area contributed by atoms with Crippen molar-refractivity contribution in [3.8, 4) is 0 Å². The van der Waals surface area contributed by atoms with Gasteiger partial charge >= 0.3 is 0 Å². The highest BCUT2D eigenvalue weighted by atomic mass is 32.1. The Balaban J connectivity index is 1.50. The molecule has 1 saturated heterocycles. The van der Waals surface area contributed by atoms with Crippen molar-refractivity contribution in [2.45, 2.75) is 26.3 Å².